The lowest BCUT2D eigenvalue weighted by Crippen LogP contribution is -2.14. The topological polar surface area (TPSA) is 35.5 Å². The van der Waals surface area contributed by atoms with Gasteiger partial charge in [0.1, 0.15) is 0 Å². The molecular weight excluding hydrogens is 331 g/mol. The van der Waals surface area contributed by atoms with E-state index in [2.05, 4.69) is 31.2 Å². The largest absolute Gasteiger partial charge is 0.337 e. The molecule has 0 bridgehead atoms. The SMILES string of the molecule is CCOP(=O)(OCC)C(/C=C/c1ccccc1)Cc1ccc(C)cc1. The van der Waals surface area contributed by atoms with Gasteiger partial charge in [0.05, 0.1) is 18.9 Å². The third-order valence-electron chi connectivity index (χ3n) is 3.90. The second kappa shape index (κ2) is 9.72. The lowest BCUT2D eigenvalue weighted by atomic mass is 10.1. The maximum Gasteiger partial charge on any atom is 0.337 e. The van der Waals surface area contributed by atoms with Crippen molar-refractivity contribution < 1.29 is 13.6 Å². The second-order valence-electron chi connectivity index (χ2n) is 5.90. The van der Waals surface area contributed by atoms with E-state index in [0.29, 0.717) is 19.6 Å². The summed E-state index contributed by atoms with van der Waals surface area (Å²) in [5.41, 5.74) is 3.07. The van der Waals surface area contributed by atoms with Crippen LogP contribution in [-0.2, 0) is 20.0 Å². The highest BCUT2D eigenvalue weighted by Crippen LogP contribution is 2.54. The van der Waals surface area contributed by atoms with E-state index < -0.39 is 7.60 Å². The number of aryl methyl sites for hydroxylation is 1. The fourth-order valence-electron chi connectivity index (χ4n) is 2.63. The van der Waals surface area contributed by atoms with E-state index >= 15 is 0 Å². The molecule has 2 aromatic rings. The Morgan fingerprint density at radius 1 is 0.960 bits per heavy atom. The highest BCUT2D eigenvalue weighted by molar-refractivity contribution is 7.54. The zero-order valence-corrected chi connectivity index (χ0v) is 16.1. The van der Waals surface area contributed by atoms with Crippen LogP contribution in [0.5, 0.6) is 0 Å². The molecule has 0 spiro atoms. The summed E-state index contributed by atoms with van der Waals surface area (Å²) >= 11 is 0. The van der Waals surface area contributed by atoms with E-state index in [-0.39, 0.29) is 5.66 Å². The molecule has 1 atom stereocenters. The maximum atomic E-state index is 13.3. The Labute approximate surface area is 151 Å². The third kappa shape index (κ3) is 5.97. The van der Waals surface area contributed by atoms with Crippen molar-refractivity contribution in [1.82, 2.24) is 0 Å². The van der Waals surface area contributed by atoms with Gasteiger partial charge in [0.25, 0.3) is 0 Å². The first-order chi connectivity index (χ1) is 12.1. The number of rotatable bonds is 9. The average molecular weight is 358 g/mol. The molecular formula is C21H27O3P. The maximum absolute atomic E-state index is 13.3. The van der Waals surface area contributed by atoms with Gasteiger partial charge in [-0.1, -0.05) is 72.3 Å². The number of benzene rings is 2. The standard InChI is InChI=1S/C21H27O3P/c1-4-23-25(22,24-5-2)21(16-15-19-9-7-6-8-10-19)17-20-13-11-18(3)12-14-20/h6-16,21H,4-5,17H2,1-3H3/b16-15+. The zero-order chi connectivity index (χ0) is 18.1. The molecule has 0 aliphatic rings. The van der Waals surface area contributed by atoms with Gasteiger partial charge in [0.15, 0.2) is 0 Å². The van der Waals surface area contributed by atoms with Crippen molar-refractivity contribution >= 4 is 13.7 Å². The molecule has 25 heavy (non-hydrogen) atoms. The van der Waals surface area contributed by atoms with E-state index in [1.165, 1.54) is 5.56 Å². The first-order valence-electron chi connectivity index (χ1n) is 8.75. The fraction of sp³-hybridized carbons (Fsp3) is 0.333. The third-order valence-corrected chi connectivity index (χ3v) is 6.30. The Hall–Kier alpha value is -1.67. The molecule has 3 nitrogen and oxygen atoms in total. The summed E-state index contributed by atoms with van der Waals surface area (Å²) < 4.78 is 24.5. The van der Waals surface area contributed by atoms with Crippen LogP contribution in [-0.4, -0.2) is 18.9 Å². The molecule has 0 aliphatic heterocycles. The zero-order valence-electron chi connectivity index (χ0n) is 15.2. The minimum atomic E-state index is -3.23. The van der Waals surface area contributed by atoms with Crippen LogP contribution in [0, 0.1) is 6.92 Å². The van der Waals surface area contributed by atoms with Crippen molar-refractivity contribution in [3.05, 3.63) is 77.4 Å². The Morgan fingerprint density at radius 3 is 2.12 bits per heavy atom. The molecule has 2 aromatic carbocycles. The van der Waals surface area contributed by atoms with Crippen LogP contribution in [0.3, 0.4) is 0 Å². The Balaban J connectivity index is 2.30. The molecule has 0 aromatic heterocycles. The van der Waals surface area contributed by atoms with E-state index in [1.807, 2.05) is 56.3 Å². The van der Waals surface area contributed by atoms with Crippen molar-refractivity contribution in [2.45, 2.75) is 32.9 Å². The van der Waals surface area contributed by atoms with Crippen LogP contribution in [0.25, 0.3) is 6.08 Å². The lowest BCUT2D eigenvalue weighted by molar-refractivity contribution is 0.215. The Kier molecular flexibility index (Phi) is 7.64. The Bertz CT molecular complexity index is 698. The molecule has 0 saturated heterocycles. The van der Waals surface area contributed by atoms with E-state index in [1.54, 1.807) is 0 Å². The highest BCUT2D eigenvalue weighted by Gasteiger charge is 2.33. The van der Waals surface area contributed by atoms with Crippen LogP contribution in [0.1, 0.15) is 30.5 Å². The average Bonchev–Trinajstić information content (AvgIpc) is 2.61. The van der Waals surface area contributed by atoms with Crippen molar-refractivity contribution in [3.63, 3.8) is 0 Å². The van der Waals surface area contributed by atoms with E-state index in [0.717, 1.165) is 11.1 Å². The first-order valence-corrected chi connectivity index (χ1v) is 10.4. The number of allylic oxidation sites excluding steroid dienone is 1. The van der Waals surface area contributed by atoms with Crippen LogP contribution in [0.4, 0.5) is 0 Å². The molecule has 0 saturated carbocycles. The monoisotopic (exact) mass is 358 g/mol. The molecule has 134 valence electrons. The summed E-state index contributed by atoms with van der Waals surface area (Å²) in [5.74, 6) is 0. The predicted octanol–water partition coefficient (Wildman–Crippen LogP) is 5.89. The number of hydrogen-bond donors (Lipinski definition) is 0. The summed E-state index contributed by atoms with van der Waals surface area (Å²) in [6.07, 6.45) is 4.56. The van der Waals surface area contributed by atoms with Gasteiger partial charge in [-0.3, -0.25) is 4.57 Å². The molecule has 4 heteroatoms. The first kappa shape index (κ1) is 19.7. The van der Waals surface area contributed by atoms with Gasteiger partial charge in [-0.25, -0.2) is 0 Å². The van der Waals surface area contributed by atoms with Gasteiger partial charge in [-0.2, -0.15) is 0 Å². The molecule has 1 unspecified atom stereocenters. The van der Waals surface area contributed by atoms with Crippen molar-refractivity contribution in [3.8, 4) is 0 Å². The molecule has 0 fully saturated rings. The minimum absolute atomic E-state index is 0.324. The van der Waals surface area contributed by atoms with Crippen LogP contribution in [0.15, 0.2) is 60.7 Å². The van der Waals surface area contributed by atoms with Gasteiger partial charge >= 0.3 is 7.60 Å². The normalized spacial score (nSPS) is 13.2. The summed E-state index contributed by atoms with van der Waals surface area (Å²) in [4.78, 5) is 0. The molecule has 2 rings (SSSR count). The van der Waals surface area contributed by atoms with Crippen molar-refractivity contribution in [2.75, 3.05) is 13.2 Å². The van der Waals surface area contributed by atoms with Crippen LogP contribution < -0.4 is 0 Å². The van der Waals surface area contributed by atoms with E-state index in [9.17, 15) is 4.57 Å². The second-order valence-corrected chi connectivity index (χ2v) is 8.16. The molecule has 0 N–H and O–H groups in total. The van der Waals surface area contributed by atoms with Crippen molar-refractivity contribution in [2.24, 2.45) is 0 Å². The smallest absolute Gasteiger partial charge is 0.308 e. The molecule has 0 amide bonds. The van der Waals surface area contributed by atoms with Crippen LogP contribution in [0.2, 0.25) is 0 Å². The minimum Gasteiger partial charge on any atom is -0.308 e. The fourth-order valence-corrected chi connectivity index (χ4v) is 4.53. The van der Waals surface area contributed by atoms with Gasteiger partial charge in [0, 0.05) is 0 Å². The van der Waals surface area contributed by atoms with Gasteiger partial charge in [-0.05, 0) is 38.3 Å². The summed E-state index contributed by atoms with van der Waals surface area (Å²) in [7, 11) is -3.23. The van der Waals surface area contributed by atoms with Gasteiger partial charge in [-0.15, -0.1) is 0 Å². The van der Waals surface area contributed by atoms with Gasteiger partial charge in [0.2, 0.25) is 0 Å². The van der Waals surface area contributed by atoms with Crippen LogP contribution >= 0.6 is 7.60 Å². The summed E-state index contributed by atoms with van der Waals surface area (Å²) in [6.45, 7) is 6.47. The van der Waals surface area contributed by atoms with E-state index in [4.69, 9.17) is 9.05 Å². The quantitative estimate of drug-likeness (QED) is 0.525. The molecule has 0 radical (unpaired) electrons. The summed E-state index contributed by atoms with van der Waals surface area (Å²) in [6, 6.07) is 18.3. The number of hydrogen-bond acceptors (Lipinski definition) is 3. The molecule has 0 heterocycles. The van der Waals surface area contributed by atoms with Crippen molar-refractivity contribution in [1.29, 1.82) is 0 Å². The summed E-state index contributed by atoms with van der Waals surface area (Å²) in [5, 5.41) is 0. The molecule has 0 aliphatic carbocycles. The van der Waals surface area contributed by atoms with Gasteiger partial charge < -0.3 is 9.05 Å². The predicted molar refractivity (Wildman–Crippen MR) is 105 cm³/mol. The lowest BCUT2D eigenvalue weighted by Gasteiger charge is -2.24. The Morgan fingerprint density at radius 2 is 1.56 bits per heavy atom. The highest BCUT2D eigenvalue weighted by atomic mass is 31.2.